The molecule has 0 bridgehead atoms. The third kappa shape index (κ3) is 3.20. The number of nitrogens with one attached hydrogen (secondary N) is 1. The van der Waals surface area contributed by atoms with Crippen molar-refractivity contribution in [1.29, 1.82) is 0 Å². The molecule has 2 aliphatic heterocycles. The van der Waals surface area contributed by atoms with Crippen molar-refractivity contribution in [3.8, 4) is 0 Å². The Morgan fingerprint density at radius 3 is 2.53 bits per heavy atom. The molecule has 1 saturated heterocycles. The molecule has 6 nitrogen and oxygen atoms in total. The second-order valence-corrected chi connectivity index (χ2v) is 7.74. The molecule has 0 aliphatic carbocycles. The summed E-state index contributed by atoms with van der Waals surface area (Å²) in [5, 5.41) is 0.441. The molecule has 1 amide bonds. The molecule has 1 aromatic heterocycles. The smallest absolute Gasteiger partial charge is 0.291 e. The summed E-state index contributed by atoms with van der Waals surface area (Å²) in [4.78, 5) is 29.7. The fourth-order valence-electron chi connectivity index (χ4n) is 4.38. The summed E-state index contributed by atoms with van der Waals surface area (Å²) in [7, 11) is 0. The molecule has 1 atom stereocenters. The molecule has 3 aromatic rings. The second kappa shape index (κ2) is 7.66. The Labute approximate surface area is 172 Å². The normalized spacial score (nSPS) is 19.4. The Bertz CT molecular complexity index is 1150. The first-order valence-corrected chi connectivity index (χ1v) is 10.2. The molecule has 2 aliphatic rings. The number of ether oxygens (including phenoxy) is 1. The van der Waals surface area contributed by atoms with E-state index in [0.717, 1.165) is 19.6 Å². The van der Waals surface area contributed by atoms with Crippen molar-refractivity contribution >= 4 is 16.9 Å². The summed E-state index contributed by atoms with van der Waals surface area (Å²) in [5.41, 5.74) is 1.22. The first kappa shape index (κ1) is 19.0. The van der Waals surface area contributed by atoms with Crippen LogP contribution in [0.5, 0.6) is 0 Å². The largest absolute Gasteiger partial charge is 0.450 e. The molecule has 1 fully saturated rings. The molecule has 1 unspecified atom stereocenters. The number of hydrogen-bond acceptors (Lipinski definition) is 4. The summed E-state index contributed by atoms with van der Waals surface area (Å²) in [5.74, 6) is -0.571. The van der Waals surface area contributed by atoms with Crippen LogP contribution in [0.3, 0.4) is 0 Å². The fourth-order valence-corrected chi connectivity index (χ4v) is 4.38. The lowest BCUT2D eigenvalue weighted by molar-refractivity contribution is -0.907. The standard InChI is InChI=1S/C23H21FN2O4/c24-16-7-5-15(6-8-16)20-19-21(27)17-3-1-2-4-18(17)30-22(19)23(28)26(20)10-9-25-11-13-29-14-12-25/h1-8,20H,9-14H2/p+1. The number of nitrogens with zero attached hydrogens (tertiary/aromatic N) is 1. The van der Waals surface area contributed by atoms with Crippen molar-refractivity contribution in [2.75, 3.05) is 39.4 Å². The van der Waals surface area contributed by atoms with Gasteiger partial charge in [0.25, 0.3) is 5.91 Å². The molecular weight excluding hydrogens is 387 g/mol. The summed E-state index contributed by atoms with van der Waals surface area (Å²) in [6.45, 7) is 4.39. The summed E-state index contributed by atoms with van der Waals surface area (Å²) in [6, 6.07) is 12.3. The highest BCUT2D eigenvalue weighted by Crippen LogP contribution is 2.37. The van der Waals surface area contributed by atoms with E-state index in [9.17, 15) is 14.0 Å². The van der Waals surface area contributed by atoms with Crippen molar-refractivity contribution in [3.63, 3.8) is 0 Å². The van der Waals surface area contributed by atoms with Crippen LogP contribution in [-0.2, 0) is 4.74 Å². The van der Waals surface area contributed by atoms with Gasteiger partial charge in [0, 0.05) is 0 Å². The van der Waals surface area contributed by atoms with Crippen LogP contribution in [0.1, 0.15) is 27.7 Å². The fraction of sp³-hybridized carbons (Fsp3) is 0.304. The molecule has 0 radical (unpaired) electrons. The zero-order chi connectivity index (χ0) is 20.7. The predicted octanol–water partition coefficient (Wildman–Crippen LogP) is 1.39. The number of para-hydroxylation sites is 1. The van der Waals surface area contributed by atoms with Crippen LogP contribution >= 0.6 is 0 Å². The van der Waals surface area contributed by atoms with Crippen LogP contribution < -0.4 is 10.3 Å². The van der Waals surface area contributed by atoms with E-state index in [0.29, 0.717) is 41.9 Å². The maximum Gasteiger partial charge on any atom is 0.291 e. The molecule has 30 heavy (non-hydrogen) atoms. The number of benzene rings is 2. The van der Waals surface area contributed by atoms with Crippen molar-refractivity contribution in [2.45, 2.75) is 6.04 Å². The molecule has 2 aromatic carbocycles. The summed E-state index contributed by atoms with van der Waals surface area (Å²) >= 11 is 0. The van der Waals surface area contributed by atoms with E-state index in [-0.39, 0.29) is 22.9 Å². The molecule has 0 saturated carbocycles. The van der Waals surface area contributed by atoms with Gasteiger partial charge in [0.2, 0.25) is 5.76 Å². The molecule has 7 heteroatoms. The zero-order valence-corrected chi connectivity index (χ0v) is 16.4. The number of rotatable bonds is 4. The molecular formula is C23H22FN2O4+. The lowest BCUT2D eigenvalue weighted by Crippen LogP contribution is -3.14. The minimum atomic E-state index is -0.589. The lowest BCUT2D eigenvalue weighted by Gasteiger charge is -2.29. The van der Waals surface area contributed by atoms with E-state index in [2.05, 4.69) is 0 Å². The molecule has 3 heterocycles. The molecule has 1 N–H and O–H groups in total. The van der Waals surface area contributed by atoms with Gasteiger partial charge < -0.3 is 19.0 Å². The average Bonchev–Trinajstić information content (AvgIpc) is 3.06. The van der Waals surface area contributed by atoms with E-state index in [1.165, 1.54) is 17.0 Å². The van der Waals surface area contributed by atoms with Crippen LogP contribution in [0.25, 0.3) is 11.0 Å². The maximum absolute atomic E-state index is 13.5. The van der Waals surface area contributed by atoms with Crippen molar-refractivity contribution in [1.82, 2.24) is 4.90 Å². The number of quaternary nitrogens is 1. The highest BCUT2D eigenvalue weighted by Gasteiger charge is 2.43. The maximum atomic E-state index is 13.5. The Morgan fingerprint density at radius 1 is 1.03 bits per heavy atom. The van der Waals surface area contributed by atoms with Crippen molar-refractivity contribution in [3.05, 3.63) is 81.5 Å². The quantitative estimate of drug-likeness (QED) is 0.708. The first-order valence-electron chi connectivity index (χ1n) is 10.2. The van der Waals surface area contributed by atoms with Crippen LogP contribution in [0.15, 0.2) is 57.7 Å². The Morgan fingerprint density at radius 2 is 1.77 bits per heavy atom. The molecule has 154 valence electrons. The Balaban J connectivity index is 1.59. The molecule has 5 rings (SSSR count). The minimum absolute atomic E-state index is 0.0880. The highest BCUT2D eigenvalue weighted by molar-refractivity contribution is 5.99. The number of carbonyl (C=O) groups is 1. The number of amides is 1. The monoisotopic (exact) mass is 409 g/mol. The number of hydrogen-bond donors (Lipinski definition) is 1. The van der Waals surface area contributed by atoms with Crippen LogP contribution in [0.4, 0.5) is 4.39 Å². The second-order valence-electron chi connectivity index (χ2n) is 7.74. The zero-order valence-electron chi connectivity index (χ0n) is 16.4. The minimum Gasteiger partial charge on any atom is -0.450 e. The predicted molar refractivity (Wildman–Crippen MR) is 108 cm³/mol. The van der Waals surface area contributed by atoms with Gasteiger partial charge in [-0.25, -0.2) is 4.39 Å². The van der Waals surface area contributed by atoms with E-state index in [4.69, 9.17) is 9.15 Å². The first-order chi connectivity index (χ1) is 14.6. The van der Waals surface area contributed by atoms with Crippen LogP contribution in [-0.4, -0.2) is 50.2 Å². The highest BCUT2D eigenvalue weighted by atomic mass is 19.1. The van der Waals surface area contributed by atoms with Gasteiger partial charge in [-0.3, -0.25) is 9.59 Å². The lowest BCUT2D eigenvalue weighted by atomic mass is 9.98. The topological polar surface area (TPSA) is 64.2 Å². The number of halogens is 1. The third-order valence-corrected chi connectivity index (χ3v) is 5.97. The SMILES string of the molecule is O=C1c2oc3ccccc3c(=O)c2C(c2ccc(F)cc2)N1CC[NH+]1CCOCC1. The summed E-state index contributed by atoms with van der Waals surface area (Å²) in [6.07, 6.45) is 0. The van der Waals surface area contributed by atoms with E-state index < -0.39 is 6.04 Å². The van der Waals surface area contributed by atoms with Gasteiger partial charge in [0.1, 0.15) is 24.5 Å². The number of carbonyl (C=O) groups excluding carboxylic acids is 1. The van der Waals surface area contributed by atoms with Gasteiger partial charge in [0.15, 0.2) is 5.43 Å². The Kier molecular flexibility index (Phi) is 4.84. The van der Waals surface area contributed by atoms with E-state index >= 15 is 0 Å². The number of fused-ring (bicyclic) bond motifs is 2. The van der Waals surface area contributed by atoms with Gasteiger partial charge in [-0.05, 0) is 29.8 Å². The van der Waals surface area contributed by atoms with Gasteiger partial charge in [-0.15, -0.1) is 0 Å². The van der Waals surface area contributed by atoms with E-state index in [1.54, 1.807) is 41.3 Å². The van der Waals surface area contributed by atoms with E-state index in [1.807, 2.05) is 0 Å². The molecule has 0 spiro atoms. The Hall–Kier alpha value is -3.03. The van der Waals surface area contributed by atoms with Crippen molar-refractivity contribution < 1.29 is 23.2 Å². The van der Waals surface area contributed by atoms with Gasteiger partial charge in [-0.1, -0.05) is 24.3 Å². The number of morpholine rings is 1. The third-order valence-electron chi connectivity index (χ3n) is 5.97. The van der Waals surface area contributed by atoms with Crippen LogP contribution in [0, 0.1) is 5.82 Å². The van der Waals surface area contributed by atoms with Crippen LogP contribution in [0.2, 0.25) is 0 Å². The summed E-state index contributed by atoms with van der Waals surface area (Å²) < 4.78 is 24.9. The van der Waals surface area contributed by atoms with Gasteiger partial charge in [-0.2, -0.15) is 0 Å². The van der Waals surface area contributed by atoms with Gasteiger partial charge in [0.05, 0.1) is 43.3 Å². The average molecular weight is 409 g/mol. The van der Waals surface area contributed by atoms with Gasteiger partial charge >= 0.3 is 0 Å². The van der Waals surface area contributed by atoms with Crippen molar-refractivity contribution in [2.24, 2.45) is 0 Å².